The number of methoxy groups -OCH3 is 1. The number of aliphatic hydroxyl groups is 1. The lowest BCUT2D eigenvalue weighted by Crippen LogP contribution is -1.99. The first-order chi connectivity index (χ1) is 6.19. The van der Waals surface area contributed by atoms with E-state index in [1.54, 1.807) is 0 Å². The fourth-order valence-electron chi connectivity index (χ4n) is 0.973. The van der Waals surface area contributed by atoms with Gasteiger partial charge in [-0.15, -0.1) is 11.6 Å². The second kappa shape index (κ2) is 4.44. The van der Waals surface area contributed by atoms with E-state index < -0.39 is 11.9 Å². The first-order valence-corrected chi connectivity index (χ1v) is 4.30. The Morgan fingerprint density at radius 2 is 2.31 bits per heavy atom. The molecule has 1 N–H and O–H groups in total. The third-order valence-electron chi connectivity index (χ3n) is 1.71. The van der Waals surface area contributed by atoms with Crippen molar-refractivity contribution in [2.75, 3.05) is 13.0 Å². The number of ether oxygens (including phenoxy) is 1. The maximum atomic E-state index is 12.9. The zero-order valence-electron chi connectivity index (χ0n) is 7.13. The molecule has 0 aliphatic heterocycles. The molecule has 0 fully saturated rings. The van der Waals surface area contributed by atoms with E-state index in [0.717, 1.165) is 0 Å². The minimum atomic E-state index is -0.781. The largest absolute Gasteiger partial charge is 0.494 e. The Morgan fingerprint density at radius 1 is 1.62 bits per heavy atom. The van der Waals surface area contributed by atoms with Gasteiger partial charge in [-0.1, -0.05) is 6.07 Å². The van der Waals surface area contributed by atoms with Crippen molar-refractivity contribution in [3.05, 3.63) is 29.6 Å². The molecule has 0 aliphatic carbocycles. The van der Waals surface area contributed by atoms with Gasteiger partial charge in [-0.3, -0.25) is 0 Å². The van der Waals surface area contributed by atoms with Crippen LogP contribution in [0.15, 0.2) is 18.2 Å². The summed E-state index contributed by atoms with van der Waals surface area (Å²) in [6.45, 7) is 0. The molecule has 0 spiro atoms. The lowest BCUT2D eigenvalue weighted by Gasteiger charge is -2.09. The van der Waals surface area contributed by atoms with Gasteiger partial charge in [0.25, 0.3) is 0 Å². The summed E-state index contributed by atoms with van der Waals surface area (Å²) in [5, 5.41) is 9.33. The zero-order chi connectivity index (χ0) is 9.84. The van der Waals surface area contributed by atoms with Crippen molar-refractivity contribution >= 4 is 11.6 Å². The molecule has 72 valence electrons. The molecule has 1 atom stereocenters. The summed E-state index contributed by atoms with van der Waals surface area (Å²) in [6, 6.07) is 4.15. The topological polar surface area (TPSA) is 29.5 Å². The normalized spacial score (nSPS) is 12.6. The van der Waals surface area contributed by atoms with Crippen molar-refractivity contribution in [2.24, 2.45) is 0 Å². The molecule has 0 unspecified atom stereocenters. The van der Waals surface area contributed by atoms with Gasteiger partial charge in [-0.05, 0) is 17.7 Å². The molecule has 0 aromatic heterocycles. The molecule has 0 saturated carbocycles. The summed E-state index contributed by atoms with van der Waals surface area (Å²) in [7, 11) is 1.37. The van der Waals surface area contributed by atoms with Crippen molar-refractivity contribution in [3.8, 4) is 5.75 Å². The predicted octanol–water partition coefficient (Wildman–Crippen LogP) is 2.11. The molecule has 0 radical (unpaired) electrons. The van der Waals surface area contributed by atoms with Gasteiger partial charge in [0.1, 0.15) is 0 Å². The van der Waals surface area contributed by atoms with E-state index in [9.17, 15) is 9.50 Å². The Morgan fingerprint density at radius 3 is 2.85 bits per heavy atom. The highest BCUT2D eigenvalue weighted by Gasteiger charge is 2.09. The van der Waals surface area contributed by atoms with Gasteiger partial charge in [-0.2, -0.15) is 0 Å². The molecule has 0 bridgehead atoms. The van der Waals surface area contributed by atoms with E-state index in [2.05, 4.69) is 0 Å². The fraction of sp³-hybridized carbons (Fsp3) is 0.333. The van der Waals surface area contributed by atoms with Crippen molar-refractivity contribution in [1.29, 1.82) is 0 Å². The molecule has 0 saturated heterocycles. The van der Waals surface area contributed by atoms with Crippen LogP contribution < -0.4 is 4.74 Å². The van der Waals surface area contributed by atoms with E-state index in [-0.39, 0.29) is 11.6 Å². The predicted molar refractivity (Wildman–Crippen MR) is 48.6 cm³/mol. The smallest absolute Gasteiger partial charge is 0.165 e. The lowest BCUT2D eigenvalue weighted by atomic mass is 10.1. The quantitative estimate of drug-likeness (QED) is 0.765. The summed E-state index contributed by atoms with van der Waals surface area (Å²) < 4.78 is 17.6. The van der Waals surface area contributed by atoms with Gasteiger partial charge in [0, 0.05) is 0 Å². The van der Waals surface area contributed by atoms with Crippen molar-refractivity contribution in [2.45, 2.75) is 6.10 Å². The van der Waals surface area contributed by atoms with E-state index in [1.165, 1.54) is 25.3 Å². The molecule has 0 heterocycles. The third kappa shape index (κ3) is 2.32. The number of rotatable bonds is 3. The Labute approximate surface area is 80.9 Å². The first-order valence-electron chi connectivity index (χ1n) is 3.76. The molecule has 0 amide bonds. The van der Waals surface area contributed by atoms with E-state index >= 15 is 0 Å². The zero-order valence-corrected chi connectivity index (χ0v) is 7.88. The van der Waals surface area contributed by atoms with Crippen LogP contribution in [0.2, 0.25) is 0 Å². The summed E-state index contributed by atoms with van der Waals surface area (Å²) >= 11 is 5.44. The number of benzene rings is 1. The van der Waals surface area contributed by atoms with E-state index in [1.807, 2.05) is 0 Å². The summed E-state index contributed by atoms with van der Waals surface area (Å²) in [6.07, 6.45) is -0.781. The summed E-state index contributed by atoms with van der Waals surface area (Å²) in [5.41, 5.74) is 0.549. The number of hydrogen-bond donors (Lipinski definition) is 1. The third-order valence-corrected chi connectivity index (χ3v) is 2.00. The first kappa shape index (κ1) is 10.3. The highest BCUT2D eigenvalue weighted by molar-refractivity contribution is 6.18. The van der Waals surface area contributed by atoms with Crippen LogP contribution in [0, 0.1) is 5.82 Å². The minimum absolute atomic E-state index is 0.0782. The Bertz CT molecular complexity index is 291. The Balaban J connectivity index is 2.99. The second-order valence-corrected chi connectivity index (χ2v) is 2.87. The molecule has 1 aromatic rings. The molecule has 2 nitrogen and oxygen atoms in total. The van der Waals surface area contributed by atoms with Gasteiger partial charge >= 0.3 is 0 Å². The monoisotopic (exact) mass is 204 g/mol. The summed E-state index contributed by atoms with van der Waals surface area (Å²) in [4.78, 5) is 0. The van der Waals surface area contributed by atoms with Crippen LogP contribution in [0.25, 0.3) is 0 Å². The second-order valence-electron chi connectivity index (χ2n) is 2.56. The average Bonchev–Trinajstić information content (AvgIpc) is 2.17. The molecular weight excluding hydrogens is 195 g/mol. The molecule has 1 rings (SSSR count). The SMILES string of the molecule is COc1cc([C@@H](O)CCl)ccc1F. The maximum Gasteiger partial charge on any atom is 0.165 e. The van der Waals surface area contributed by atoms with Gasteiger partial charge < -0.3 is 9.84 Å². The van der Waals surface area contributed by atoms with E-state index in [4.69, 9.17) is 16.3 Å². The highest BCUT2D eigenvalue weighted by Crippen LogP contribution is 2.22. The molecule has 1 aromatic carbocycles. The molecular formula is C9H10ClFO2. The van der Waals surface area contributed by atoms with Crippen LogP contribution in [-0.4, -0.2) is 18.1 Å². The van der Waals surface area contributed by atoms with Crippen LogP contribution >= 0.6 is 11.6 Å². The van der Waals surface area contributed by atoms with Crippen molar-refractivity contribution < 1.29 is 14.2 Å². The number of hydrogen-bond acceptors (Lipinski definition) is 2. The average molecular weight is 205 g/mol. The minimum Gasteiger partial charge on any atom is -0.494 e. The molecule has 0 aliphatic rings. The number of aliphatic hydroxyl groups excluding tert-OH is 1. The Kier molecular flexibility index (Phi) is 3.51. The van der Waals surface area contributed by atoms with Crippen molar-refractivity contribution in [1.82, 2.24) is 0 Å². The van der Waals surface area contributed by atoms with E-state index in [0.29, 0.717) is 5.56 Å². The van der Waals surface area contributed by atoms with Crippen LogP contribution in [0.3, 0.4) is 0 Å². The van der Waals surface area contributed by atoms with Crippen molar-refractivity contribution in [3.63, 3.8) is 0 Å². The number of alkyl halides is 1. The van der Waals surface area contributed by atoms with Gasteiger partial charge in [0.2, 0.25) is 0 Å². The lowest BCUT2D eigenvalue weighted by molar-refractivity contribution is 0.202. The van der Waals surface area contributed by atoms with Crippen LogP contribution in [0.1, 0.15) is 11.7 Å². The van der Waals surface area contributed by atoms with Gasteiger partial charge in [-0.25, -0.2) is 4.39 Å². The van der Waals surface area contributed by atoms with Crippen LogP contribution in [-0.2, 0) is 0 Å². The number of halogens is 2. The molecule has 13 heavy (non-hydrogen) atoms. The molecule has 4 heteroatoms. The maximum absolute atomic E-state index is 12.9. The standard InChI is InChI=1S/C9H10ClFO2/c1-13-9-4-6(8(12)5-10)2-3-7(9)11/h2-4,8,12H,5H2,1H3/t8-/m0/s1. The van der Waals surface area contributed by atoms with Crippen LogP contribution in [0.4, 0.5) is 4.39 Å². The highest BCUT2D eigenvalue weighted by atomic mass is 35.5. The Hall–Kier alpha value is -0.800. The van der Waals surface area contributed by atoms with Gasteiger partial charge in [0.05, 0.1) is 19.1 Å². The summed E-state index contributed by atoms with van der Waals surface area (Å²) in [5.74, 6) is -0.260. The van der Waals surface area contributed by atoms with Crippen LogP contribution in [0.5, 0.6) is 5.75 Å². The van der Waals surface area contributed by atoms with Gasteiger partial charge in [0.15, 0.2) is 11.6 Å². The fourth-order valence-corrected chi connectivity index (χ4v) is 1.15.